The van der Waals surface area contributed by atoms with Crippen LogP contribution in [0.3, 0.4) is 0 Å². The van der Waals surface area contributed by atoms with Gasteiger partial charge in [0, 0.05) is 9.13 Å². The Morgan fingerprint density at radius 3 is 2.55 bits per heavy atom. The van der Waals surface area contributed by atoms with Crippen LogP contribution in [0, 0.1) is 10.5 Å². The zero-order chi connectivity index (χ0) is 8.43. The maximum atomic E-state index is 10.9. The van der Waals surface area contributed by atoms with Crippen molar-refractivity contribution in [1.82, 2.24) is 0 Å². The Morgan fingerprint density at radius 2 is 2.18 bits per heavy atom. The molecule has 0 fully saturated rings. The highest BCUT2D eigenvalue weighted by Crippen LogP contribution is 2.17. The van der Waals surface area contributed by atoms with Crippen LogP contribution in [0.2, 0.25) is 0 Å². The van der Waals surface area contributed by atoms with E-state index in [1.54, 1.807) is 0 Å². The second-order valence-corrected chi connectivity index (χ2v) is 3.81. The van der Waals surface area contributed by atoms with Gasteiger partial charge in [-0.25, -0.2) is 0 Å². The summed E-state index contributed by atoms with van der Waals surface area (Å²) in [7, 11) is 0. The summed E-state index contributed by atoms with van der Waals surface area (Å²) in [5.41, 5.74) is 1.70. The molecule has 1 aromatic rings. The number of hydrogen-bond donors (Lipinski definition) is 1. The van der Waals surface area contributed by atoms with E-state index in [4.69, 9.17) is 0 Å². The van der Waals surface area contributed by atoms with Gasteiger partial charge in [-0.15, -0.1) is 12.6 Å². The zero-order valence-corrected chi connectivity index (χ0v) is 9.02. The molecule has 11 heavy (non-hydrogen) atoms. The van der Waals surface area contributed by atoms with E-state index in [1.807, 2.05) is 25.1 Å². The maximum Gasteiger partial charge on any atom is 0.217 e. The molecule has 0 aliphatic heterocycles. The molecule has 0 aliphatic carbocycles. The molecule has 0 aliphatic rings. The van der Waals surface area contributed by atoms with Gasteiger partial charge in [0.25, 0.3) is 0 Å². The summed E-state index contributed by atoms with van der Waals surface area (Å²) >= 11 is 5.91. The third-order valence-corrected chi connectivity index (χ3v) is 2.56. The van der Waals surface area contributed by atoms with Gasteiger partial charge in [0.2, 0.25) is 5.12 Å². The van der Waals surface area contributed by atoms with Crippen molar-refractivity contribution in [2.75, 3.05) is 0 Å². The minimum absolute atomic E-state index is 0.160. The standard InChI is InChI=1S/C8H7IOS/c1-5-3-2-4-6(9)7(5)8(10)11/h2-4H,1H3,(H,10,11). The van der Waals surface area contributed by atoms with E-state index in [1.165, 1.54) is 0 Å². The van der Waals surface area contributed by atoms with Gasteiger partial charge in [-0.3, -0.25) is 4.79 Å². The normalized spacial score (nSPS) is 9.73. The van der Waals surface area contributed by atoms with Crippen molar-refractivity contribution in [3.8, 4) is 0 Å². The van der Waals surface area contributed by atoms with Crippen LogP contribution in [0.25, 0.3) is 0 Å². The molecule has 58 valence electrons. The molecule has 0 N–H and O–H groups in total. The molecule has 1 rings (SSSR count). The fourth-order valence-electron chi connectivity index (χ4n) is 0.903. The van der Waals surface area contributed by atoms with Crippen LogP contribution in [0.1, 0.15) is 15.9 Å². The van der Waals surface area contributed by atoms with Crippen molar-refractivity contribution in [2.45, 2.75) is 6.92 Å². The zero-order valence-electron chi connectivity index (χ0n) is 5.97. The molecule has 3 heteroatoms. The van der Waals surface area contributed by atoms with Gasteiger partial charge >= 0.3 is 0 Å². The van der Waals surface area contributed by atoms with Crippen LogP contribution >= 0.6 is 35.2 Å². The third kappa shape index (κ3) is 1.96. The van der Waals surface area contributed by atoms with Gasteiger partial charge in [-0.05, 0) is 41.1 Å². The predicted molar refractivity (Wildman–Crippen MR) is 57.2 cm³/mol. The molecule has 0 radical (unpaired) electrons. The molecule has 0 aromatic heterocycles. The topological polar surface area (TPSA) is 17.1 Å². The van der Waals surface area contributed by atoms with E-state index in [0.717, 1.165) is 14.7 Å². The first kappa shape index (κ1) is 9.06. The molecule has 0 heterocycles. The molecule has 0 spiro atoms. The highest BCUT2D eigenvalue weighted by atomic mass is 127. The first-order chi connectivity index (χ1) is 5.13. The Kier molecular flexibility index (Phi) is 2.95. The Balaban J connectivity index is 3.32. The number of aryl methyl sites for hydroxylation is 1. The second kappa shape index (κ2) is 3.58. The summed E-state index contributed by atoms with van der Waals surface area (Å²) in [6.45, 7) is 1.91. The smallest absolute Gasteiger partial charge is 0.217 e. The number of carbonyl (C=O) groups excluding carboxylic acids is 1. The van der Waals surface area contributed by atoms with Crippen LogP contribution in [0.4, 0.5) is 0 Å². The first-order valence-corrected chi connectivity index (χ1v) is 4.64. The summed E-state index contributed by atoms with van der Waals surface area (Å²) in [6, 6.07) is 5.74. The molecule has 0 bridgehead atoms. The van der Waals surface area contributed by atoms with E-state index in [9.17, 15) is 4.79 Å². The van der Waals surface area contributed by atoms with E-state index in [2.05, 4.69) is 35.2 Å². The van der Waals surface area contributed by atoms with Gasteiger partial charge in [-0.1, -0.05) is 12.1 Å². The van der Waals surface area contributed by atoms with Gasteiger partial charge < -0.3 is 0 Å². The summed E-state index contributed by atoms with van der Waals surface area (Å²) in [5, 5.41) is -0.160. The molecular formula is C8H7IOS. The SMILES string of the molecule is Cc1cccc(I)c1C(=O)S. The lowest BCUT2D eigenvalue weighted by Crippen LogP contribution is -1.96. The van der Waals surface area contributed by atoms with Crippen LogP contribution in [-0.4, -0.2) is 5.12 Å². The van der Waals surface area contributed by atoms with Crippen LogP contribution in [0.5, 0.6) is 0 Å². The van der Waals surface area contributed by atoms with E-state index < -0.39 is 0 Å². The van der Waals surface area contributed by atoms with E-state index >= 15 is 0 Å². The lowest BCUT2D eigenvalue weighted by atomic mass is 10.1. The summed E-state index contributed by atoms with van der Waals surface area (Å²) < 4.78 is 0.961. The fraction of sp³-hybridized carbons (Fsp3) is 0.125. The van der Waals surface area contributed by atoms with Crippen LogP contribution in [-0.2, 0) is 0 Å². The quantitative estimate of drug-likeness (QED) is 0.617. The second-order valence-electron chi connectivity index (χ2n) is 2.24. The lowest BCUT2D eigenvalue weighted by molar-refractivity contribution is 0.109. The highest BCUT2D eigenvalue weighted by Gasteiger charge is 2.07. The number of carbonyl (C=O) groups is 1. The maximum absolute atomic E-state index is 10.9. The van der Waals surface area contributed by atoms with Crippen LogP contribution in [0.15, 0.2) is 18.2 Å². The minimum Gasteiger partial charge on any atom is -0.282 e. The van der Waals surface area contributed by atoms with Crippen molar-refractivity contribution >= 4 is 40.3 Å². The number of rotatable bonds is 1. The first-order valence-electron chi connectivity index (χ1n) is 3.11. The summed E-state index contributed by atoms with van der Waals surface area (Å²) in [4.78, 5) is 10.9. The monoisotopic (exact) mass is 278 g/mol. The number of hydrogen-bond acceptors (Lipinski definition) is 1. The minimum atomic E-state index is -0.160. The van der Waals surface area contributed by atoms with Crippen molar-refractivity contribution in [3.05, 3.63) is 32.9 Å². The van der Waals surface area contributed by atoms with Crippen LogP contribution < -0.4 is 0 Å². The Bertz CT molecular complexity index is 276. The average Bonchev–Trinajstić information content (AvgIpc) is 1.85. The predicted octanol–water partition coefficient (Wildman–Crippen LogP) is 2.67. The molecule has 0 atom stereocenters. The summed E-state index contributed by atoms with van der Waals surface area (Å²) in [6.07, 6.45) is 0. The molecular weight excluding hydrogens is 271 g/mol. The number of thiol groups is 1. The van der Waals surface area contributed by atoms with Gasteiger partial charge in [0.05, 0.1) is 0 Å². The lowest BCUT2D eigenvalue weighted by Gasteiger charge is -2.01. The van der Waals surface area contributed by atoms with Gasteiger partial charge in [0.15, 0.2) is 0 Å². The molecule has 0 amide bonds. The average molecular weight is 278 g/mol. The molecule has 1 nitrogen and oxygen atoms in total. The molecule has 1 aromatic carbocycles. The van der Waals surface area contributed by atoms with Gasteiger partial charge in [0.1, 0.15) is 0 Å². The van der Waals surface area contributed by atoms with E-state index in [-0.39, 0.29) is 5.12 Å². The van der Waals surface area contributed by atoms with Gasteiger partial charge in [-0.2, -0.15) is 0 Å². The molecule has 0 saturated carbocycles. The largest absolute Gasteiger partial charge is 0.282 e. The van der Waals surface area contributed by atoms with E-state index in [0.29, 0.717) is 0 Å². The van der Waals surface area contributed by atoms with Crippen molar-refractivity contribution in [1.29, 1.82) is 0 Å². The fourth-order valence-corrected chi connectivity index (χ4v) is 2.29. The van der Waals surface area contributed by atoms with Crippen molar-refractivity contribution < 1.29 is 4.79 Å². The molecule has 0 saturated heterocycles. The Labute approximate surface area is 84.7 Å². The Hall–Kier alpha value is -0.0300. The van der Waals surface area contributed by atoms with Crippen molar-refractivity contribution in [2.24, 2.45) is 0 Å². The number of halogens is 1. The summed E-state index contributed by atoms with van der Waals surface area (Å²) in [5.74, 6) is 0. The third-order valence-electron chi connectivity index (χ3n) is 1.44. The highest BCUT2D eigenvalue weighted by molar-refractivity contribution is 14.1. The van der Waals surface area contributed by atoms with Crippen molar-refractivity contribution in [3.63, 3.8) is 0 Å². The number of benzene rings is 1. The molecule has 0 unspecified atom stereocenters. The Morgan fingerprint density at radius 1 is 1.55 bits per heavy atom.